The summed E-state index contributed by atoms with van der Waals surface area (Å²) in [5.41, 5.74) is 1.66. The summed E-state index contributed by atoms with van der Waals surface area (Å²) >= 11 is 12.5. The zero-order chi connectivity index (χ0) is 17.1. The van der Waals surface area contributed by atoms with Crippen molar-refractivity contribution in [1.29, 1.82) is 0 Å². The van der Waals surface area contributed by atoms with Crippen LogP contribution in [0.4, 0.5) is 0 Å². The zero-order valence-corrected chi connectivity index (χ0v) is 14.3. The summed E-state index contributed by atoms with van der Waals surface area (Å²) in [7, 11) is 0. The van der Waals surface area contributed by atoms with Crippen molar-refractivity contribution in [2.75, 3.05) is 0 Å². The molecule has 0 unspecified atom stereocenters. The minimum absolute atomic E-state index is 0.106. The highest BCUT2D eigenvalue weighted by atomic mass is 35.5. The molecule has 0 aliphatic rings. The number of aromatic nitrogens is 3. The fourth-order valence-electron chi connectivity index (χ4n) is 2.18. The topological polar surface area (TPSA) is 62.0 Å². The second-order valence-corrected chi connectivity index (χ2v) is 5.68. The molecule has 0 N–H and O–H groups in total. The summed E-state index contributed by atoms with van der Waals surface area (Å²) in [5.74, 6) is 1.19. The van der Waals surface area contributed by atoms with E-state index in [9.17, 15) is 5.21 Å². The second kappa shape index (κ2) is 7.03. The third-order valence-corrected chi connectivity index (χ3v) is 3.92. The van der Waals surface area contributed by atoms with E-state index >= 15 is 0 Å². The van der Waals surface area contributed by atoms with Gasteiger partial charge in [-0.25, -0.2) is 9.97 Å². The van der Waals surface area contributed by atoms with E-state index in [0.29, 0.717) is 21.9 Å². The number of nitrogens with zero attached hydrogens (tertiary/aromatic N) is 3. The predicted molar refractivity (Wildman–Crippen MR) is 92.3 cm³/mol. The van der Waals surface area contributed by atoms with Gasteiger partial charge in [0.15, 0.2) is 28.5 Å². The standard InChI is InChI=1S/C17H13Cl2N3O2/c1-2-11-5-3-4-6-13(11)24-14-15(18)20-17(21-16(14)19)12-7-9-22(23)10-8-12/h3-10H,2H2,1H3. The van der Waals surface area contributed by atoms with Crippen molar-refractivity contribution in [1.82, 2.24) is 9.97 Å². The highest BCUT2D eigenvalue weighted by molar-refractivity contribution is 6.35. The summed E-state index contributed by atoms with van der Waals surface area (Å²) in [5, 5.41) is 11.3. The van der Waals surface area contributed by atoms with Crippen LogP contribution in [0.1, 0.15) is 12.5 Å². The molecule has 0 atom stereocenters. The lowest BCUT2D eigenvalue weighted by atomic mass is 10.1. The molecule has 0 bridgehead atoms. The Kier molecular flexibility index (Phi) is 4.83. The molecule has 5 nitrogen and oxygen atoms in total. The van der Waals surface area contributed by atoms with Crippen LogP contribution in [-0.2, 0) is 6.42 Å². The fraction of sp³-hybridized carbons (Fsp3) is 0.118. The summed E-state index contributed by atoms with van der Waals surface area (Å²) < 4.78 is 6.50. The van der Waals surface area contributed by atoms with Crippen LogP contribution < -0.4 is 9.47 Å². The van der Waals surface area contributed by atoms with Crippen molar-refractivity contribution in [3.63, 3.8) is 0 Å². The molecule has 7 heteroatoms. The van der Waals surface area contributed by atoms with Gasteiger partial charge in [0.05, 0.1) is 0 Å². The van der Waals surface area contributed by atoms with Crippen molar-refractivity contribution < 1.29 is 9.47 Å². The molecule has 0 fully saturated rings. The van der Waals surface area contributed by atoms with Crippen molar-refractivity contribution in [3.8, 4) is 22.9 Å². The summed E-state index contributed by atoms with van der Waals surface area (Å²) in [6, 6.07) is 10.8. The molecular formula is C17H13Cl2N3O2. The third-order valence-electron chi connectivity index (χ3n) is 3.41. The molecule has 0 amide bonds. The van der Waals surface area contributed by atoms with E-state index in [-0.39, 0.29) is 16.1 Å². The highest BCUT2D eigenvalue weighted by Crippen LogP contribution is 2.36. The van der Waals surface area contributed by atoms with Crippen LogP contribution in [0.5, 0.6) is 11.5 Å². The van der Waals surface area contributed by atoms with E-state index in [4.69, 9.17) is 27.9 Å². The van der Waals surface area contributed by atoms with Gasteiger partial charge in [0.25, 0.3) is 0 Å². The van der Waals surface area contributed by atoms with E-state index in [1.807, 2.05) is 31.2 Å². The Hall–Kier alpha value is -2.37. The Morgan fingerprint density at radius 1 is 1.04 bits per heavy atom. The van der Waals surface area contributed by atoms with Gasteiger partial charge >= 0.3 is 0 Å². The first-order valence-electron chi connectivity index (χ1n) is 7.26. The van der Waals surface area contributed by atoms with Crippen LogP contribution in [0, 0.1) is 5.21 Å². The number of benzene rings is 1. The van der Waals surface area contributed by atoms with Crippen LogP contribution in [0.15, 0.2) is 48.8 Å². The molecule has 0 saturated heterocycles. The largest absolute Gasteiger partial charge is 0.619 e. The molecule has 0 aliphatic heterocycles. The SMILES string of the molecule is CCc1ccccc1Oc1c(Cl)nc(-c2cc[n+]([O-])cc2)nc1Cl. The Morgan fingerprint density at radius 2 is 1.67 bits per heavy atom. The quantitative estimate of drug-likeness (QED) is 0.391. The Balaban J connectivity index is 1.97. The van der Waals surface area contributed by atoms with Crippen molar-refractivity contribution >= 4 is 23.2 Å². The smallest absolute Gasteiger partial charge is 0.201 e. The van der Waals surface area contributed by atoms with Crippen LogP contribution in [0.3, 0.4) is 0 Å². The lowest BCUT2D eigenvalue weighted by Gasteiger charge is -2.12. The average molecular weight is 362 g/mol. The molecule has 3 rings (SSSR count). The normalized spacial score (nSPS) is 10.6. The summed E-state index contributed by atoms with van der Waals surface area (Å²) in [6.07, 6.45) is 3.51. The van der Waals surface area contributed by atoms with Crippen LogP contribution in [-0.4, -0.2) is 9.97 Å². The molecule has 24 heavy (non-hydrogen) atoms. The Labute approximate surface area is 149 Å². The Morgan fingerprint density at radius 3 is 2.29 bits per heavy atom. The van der Waals surface area contributed by atoms with Crippen LogP contribution in [0.25, 0.3) is 11.4 Å². The molecule has 0 spiro atoms. The number of aryl methyl sites for hydroxylation is 1. The van der Waals surface area contributed by atoms with Crippen molar-refractivity contribution in [2.24, 2.45) is 0 Å². The first kappa shape index (κ1) is 16.5. The molecule has 2 heterocycles. The molecule has 3 aromatic rings. The summed E-state index contributed by atoms with van der Waals surface area (Å²) in [4.78, 5) is 8.44. The average Bonchev–Trinajstić information content (AvgIpc) is 2.59. The monoisotopic (exact) mass is 361 g/mol. The van der Waals surface area contributed by atoms with Gasteiger partial charge in [-0.1, -0.05) is 48.3 Å². The van der Waals surface area contributed by atoms with Gasteiger partial charge in [0, 0.05) is 17.7 Å². The molecule has 1 aromatic carbocycles. The molecule has 0 radical (unpaired) electrons. The maximum atomic E-state index is 11.1. The van der Waals surface area contributed by atoms with Gasteiger partial charge in [-0.3, -0.25) is 0 Å². The van der Waals surface area contributed by atoms with E-state index in [2.05, 4.69) is 9.97 Å². The molecule has 122 valence electrons. The number of ether oxygens (including phenoxy) is 1. The molecule has 2 aromatic heterocycles. The molecule has 0 saturated carbocycles. The number of hydrogen-bond acceptors (Lipinski definition) is 4. The van der Waals surface area contributed by atoms with E-state index in [1.165, 1.54) is 12.4 Å². The fourth-order valence-corrected chi connectivity index (χ4v) is 2.64. The third kappa shape index (κ3) is 3.42. The van der Waals surface area contributed by atoms with Crippen LogP contribution in [0.2, 0.25) is 10.3 Å². The maximum absolute atomic E-state index is 11.1. The molecular weight excluding hydrogens is 349 g/mol. The van der Waals surface area contributed by atoms with Gasteiger partial charge < -0.3 is 9.94 Å². The summed E-state index contributed by atoms with van der Waals surface area (Å²) in [6.45, 7) is 2.03. The first-order valence-corrected chi connectivity index (χ1v) is 8.02. The molecule has 0 aliphatic carbocycles. The highest BCUT2D eigenvalue weighted by Gasteiger charge is 2.16. The number of pyridine rings is 1. The lowest BCUT2D eigenvalue weighted by Crippen LogP contribution is -2.23. The maximum Gasteiger partial charge on any atom is 0.201 e. The lowest BCUT2D eigenvalue weighted by molar-refractivity contribution is -0.605. The van der Waals surface area contributed by atoms with E-state index in [0.717, 1.165) is 12.0 Å². The second-order valence-electron chi connectivity index (χ2n) is 4.97. The van der Waals surface area contributed by atoms with E-state index in [1.54, 1.807) is 12.1 Å². The number of para-hydroxylation sites is 1. The van der Waals surface area contributed by atoms with Gasteiger partial charge in [0.2, 0.25) is 5.75 Å². The van der Waals surface area contributed by atoms with E-state index < -0.39 is 0 Å². The predicted octanol–water partition coefficient (Wildman–Crippen LogP) is 4.44. The van der Waals surface area contributed by atoms with Gasteiger partial charge in [0.1, 0.15) is 5.75 Å². The van der Waals surface area contributed by atoms with Gasteiger partial charge in [-0.15, -0.1) is 0 Å². The zero-order valence-electron chi connectivity index (χ0n) is 12.7. The van der Waals surface area contributed by atoms with Gasteiger partial charge in [-0.05, 0) is 18.1 Å². The first-order chi connectivity index (χ1) is 11.6. The van der Waals surface area contributed by atoms with Crippen molar-refractivity contribution in [2.45, 2.75) is 13.3 Å². The van der Waals surface area contributed by atoms with Crippen LogP contribution >= 0.6 is 23.2 Å². The number of halogens is 2. The Bertz CT molecular complexity index is 847. The number of hydrogen-bond donors (Lipinski definition) is 0. The van der Waals surface area contributed by atoms with Crippen molar-refractivity contribution in [3.05, 3.63) is 69.9 Å². The minimum atomic E-state index is 0.106. The number of rotatable bonds is 4. The minimum Gasteiger partial charge on any atom is -0.619 e. The van der Waals surface area contributed by atoms with Gasteiger partial charge in [-0.2, -0.15) is 4.73 Å².